The molecule has 46 heavy (non-hydrogen) atoms. The van der Waals surface area contributed by atoms with E-state index in [0.29, 0.717) is 37.2 Å². The average Bonchev–Trinajstić information content (AvgIpc) is 3.09. The highest BCUT2D eigenvalue weighted by molar-refractivity contribution is 5.93. The highest BCUT2D eigenvalue weighted by Gasteiger charge is 2.33. The first-order valence-electron chi connectivity index (χ1n) is 16.3. The molecule has 3 aromatic rings. The average molecular weight is 631 g/mol. The van der Waals surface area contributed by atoms with Crippen molar-refractivity contribution in [1.29, 1.82) is 0 Å². The predicted molar refractivity (Wildman–Crippen MR) is 177 cm³/mol. The van der Waals surface area contributed by atoms with Gasteiger partial charge in [-0.2, -0.15) is 0 Å². The fraction of sp³-hybridized carbons (Fsp3) is 0.444. The van der Waals surface area contributed by atoms with Gasteiger partial charge in [0.1, 0.15) is 0 Å². The summed E-state index contributed by atoms with van der Waals surface area (Å²) in [6, 6.07) is 23.1. The number of morpholine rings is 1. The maximum Gasteiger partial charge on any atom is 0.224 e. The number of nitrogens with one attached hydrogen (secondary N) is 2. The Kier molecular flexibility index (Phi) is 12.6. The van der Waals surface area contributed by atoms with E-state index >= 15 is 0 Å². The number of hydrogen-bond acceptors (Lipinski definition) is 8. The van der Waals surface area contributed by atoms with Gasteiger partial charge in [0.2, 0.25) is 11.8 Å². The molecule has 10 heteroatoms. The van der Waals surface area contributed by atoms with E-state index in [1.165, 1.54) is 0 Å². The quantitative estimate of drug-likeness (QED) is 0.147. The number of carbonyl (C=O) groups is 2. The summed E-state index contributed by atoms with van der Waals surface area (Å²) in [5.41, 5.74) is 10.9. The van der Waals surface area contributed by atoms with Crippen molar-refractivity contribution >= 4 is 23.2 Å². The van der Waals surface area contributed by atoms with Crippen molar-refractivity contribution in [2.45, 2.75) is 70.2 Å². The Morgan fingerprint density at radius 2 is 1.50 bits per heavy atom. The fourth-order valence-corrected chi connectivity index (χ4v) is 5.76. The van der Waals surface area contributed by atoms with Gasteiger partial charge in [-0.25, -0.2) is 0 Å². The minimum absolute atomic E-state index is 0.00428. The van der Waals surface area contributed by atoms with Crippen molar-refractivity contribution in [2.75, 3.05) is 43.9 Å². The van der Waals surface area contributed by atoms with Crippen LogP contribution in [0.4, 0.5) is 11.4 Å². The van der Waals surface area contributed by atoms with Gasteiger partial charge in [-0.15, -0.1) is 0 Å². The Labute approximate surface area is 271 Å². The van der Waals surface area contributed by atoms with Crippen LogP contribution in [-0.4, -0.2) is 60.8 Å². The number of nitrogens with two attached hydrogens (primary N) is 1. The highest BCUT2D eigenvalue weighted by atomic mass is 16.7. The molecule has 5 rings (SSSR count). The molecule has 3 atom stereocenters. The number of para-hydroxylation sites is 2. The number of nitrogens with zero attached hydrogens (tertiary/aromatic N) is 1. The molecule has 2 amide bonds. The van der Waals surface area contributed by atoms with Gasteiger partial charge in [-0.3, -0.25) is 14.5 Å². The van der Waals surface area contributed by atoms with Crippen molar-refractivity contribution < 1.29 is 28.9 Å². The number of carbonyl (C=O) groups excluding carboxylic acids is 2. The zero-order valence-electron chi connectivity index (χ0n) is 26.4. The predicted octanol–water partition coefficient (Wildman–Crippen LogP) is 4.84. The zero-order chi connectivity index (χ0) is 32.1. The third-order valence-corrected chi connectivity index (χ3v) is 8.46. The molecule has 5 N–H and O–H groups in total. The number of unbranched alkanes of at least 4 members (excludes halogenated alkanes) is 2. The third-order valence-electron chi connectivity index (χ3n) is 8.46. The van der Waals surface area contributed by atoms with Crippen LogP contribution >= 0.6 is 0 Å². The number of benzene rings is 3. The molecule has 3 aromatic carbocycles. The molecular formula is C36H46N4O6. The summed E-state index contributed by atoms with van der Waals surface area (Å²) in [5, 5.41) is 15.3. The summed E-state index contributed by atoms with van der Waals surface area (Å²) in [6.45, 7) is 4.52. The smallest absolute Gasteiger partial charge is 0.224 e. The van der Waals surface area contributed by atoms with Crippen molar-refractivity contribution in [3.05, 3.63) is 95.1 Å². The lowest BCUT2D eigenvalue weighted by Crippen LogP contribution is -2.44. The number of hydrogen-bond donors (Lipinski definition) is 4. The van der Waals surface area contributed by atoms with Gasteiger partial charge < -0.3 is 35.7 Å². The molecule has 0 bridgehead atoms. The molecule has 0 aromatic heterocycles. The molecule has 0 aliphatic carbocycles. The molecule has 10 nitrogen and oxygen atoms in total. The Morgan fingerprint density at radius 3 is 2.22 bits per heavy atom. The van der Waals surface area contributed by atoms with Gasteiger partial charge in [-0.1, -0.05) is 67.1 Å². The van der Waals surface area contributed by atoms with Crippen LogP contribution in [0.25, 0.3) is 0 Å². The SMILES string of the molecule is Nc1ccccc1NC(=O)CCCCCC(=O)NCc1ccc(C2OC(CN3CCOCC3)CC(c3ccc(CO)cc3)O2)cc1. The number of anilines is 2. The van der Waals surface area contributed by atoms with Crippen LogP contribution in [0.1, 0.15) is 73.2 Å². The van der Waals surface area contributed by atoms with Crippen LogP contribution in [0.15, 0.2) is 72.8 Å². The Morgan fingerprint density at radius 1 is 0.826 bits per heavy atom. The second-order valence-corrected chi connectivity index (χ2v) is 12.0. The van der Waals surface area contributed by atoms with E-state index < -0.39 is 6.29 Å². The van der Waals surface area contributed by atoms with E-state index in [1.54, 1.807) is 12.1 Å². The molecule has 0 saturated carbocycles. The number of nitrogen functional groups attached to an aromatic ring is 1. The number of amides is 2. The molecule has 2 heterocycles. The molecule has 246 valence electrons. The third kappa shape index (κ3) is 10.1. The van der Waals surface area contributed by atoms with E-state index in [9.17, 15) is 14.7 Å². The standard InChI is InChI=1S/C36H46N4O6/c37-31-6-4-5-7-32(31)39-35(43)9-3-1-2-8-34(42)38-23-26-10-16-29(17-11-26)36-45-30(24-40-18-20-44-21-19-40)22-33(46-36)28-14-12-27(25-41)13-15-28/h4-7,10-17,30,33,36,41H,1-3,8-9,18-25,37H2,(H,38,42)(H,39,43). The molecule has 2 aliphatic rings. The first-order valence-corrected chi connectivity index (χ1v) is 16.3. The number of aliphatic hydroxyl groups excluding tert-OH is 1. The van der Waals surface area contributed by atoms with Crippen LogP contribution < -0.4 is 16.4 Å². The van der Waals surface area contributed by atoms with Gasteiger partial charge >= 0.3 is 0 Å². The summed E-state index contributed by atoms with van der Waals surface area (Å²) in [5.74, 6) is -0.0831. The van der Waals surface area contributed by atoms with E-state index in [0.717, 1.165) is 74.4 Å². The van der Waals surface area contributed by atoms with Crippen LogP contribution in [-0.2, 0) is 37.0 Å². The second-order valence-electron chi connectivity index (χ2n) is 12.0. The highest BCUT2D eigenvalue weighted by Crippen LogP contribution is 2.38. The lowest BCUT2D eigenvalue weighted by Gasteiger charge is -2.39. The number of ether oxygens (including phenoxy) is 3. The van der Waals surface area contributed by atoms with E-state index in [2.05, 4.69) is 15.5 Å². The largest absolute Gasteiger partial charge is 0.397 e. The molecule has 3 unspecified atom stereocenters. The van der Waals surface area contributed by atoms with Crippen LogP contribution in [0.5, 0.6) is 0 Å². The summed E-state index contributed by atoms with van der Waals surface area (Å²) >= 11 is 0. The molecular weight excluding hydrogens is 584 g/mol. The summed E-state index contributed by atoms with van der Waals surface area (Å²) in [4.78, 5) is 27.0. The van der Waals surface area contributed by atoms with Crippen molar-refractivity contribution in [1.82, 2.24) is 10.2 Å². The van der Waals surface area contributed by atoms with Crippen LogP contribution in [0.2, 0.25) is 0 Å². The first kappa shape index (κ1) is 33.6. The Balaban J connectivity index is 1.07. The van der Waals surface area contributed by atoms with E-state index in [4.69, 9.17) is 19.9 Å². The van der Waals surface area contributed by atoms with Gasteiger partial charge in [-0.05, 0) is 41.7 Å². The lowest BCUT2D eigenvalue weighted by molar-refractivity contribution is -0.253. The van der Waals surface area contributed by atoms with E-state index in [-0.39, 0.29) is 30.6 Å². The minimum atomic E-state index is -0.516. The molecule has 2 saturated heterocycles. The molecule has 0 radical (unpaired) electrons. The van der Waals surface area contributed by atoms with Crippen molar-refractivity contribution in [3.63, 3.8) is 0 Å². The maximum atomic E-state index is 12.4. The first-order chi connectivity index (χ1) is 22.5. The Hall–Kier alpha value is -3.80. The van der Waals surface area contributed by atoms with Gasteiger partial charge in [0.15, 0.2) is 6.29 Å². The summed E-state index contributed by atoms with van der Waals surface area (Å²) in [6.07, 6.45) is 3.12. The Bertz CT molecular complexity index is 1390. The molecule has 0 spiro atoms. The topological polar surface area (TPSA) is 135 Å². The van der Waals surface area contributed by atoms with Gasteiger partial charge in [0, 0.05) is 51.0 Å². The maximum absolute atomic E-state index is 12.4. The summed E-state index contributed by atoms with van der Waals surface area (Å²) in [7, 11) is 0. The van der Waals surface area contributed by atoms with Crippen molar-refractivity contribution in [2.24, 2.45) is 0 Å². The van der Waals surface area contributed by atoms with E-state index in [1.807, 2.05) is 60.7 Å². The van der Waals surface area contributed by atoms with Gasteiger partial charge in [0.05, 0.1) is 43.4 Å². The molecule has 2 aliphatic heterocycles. The number of rotatable bonds is 14. The normalized spacial score (nSPS) is 20.2. The van der Waals surface area contributed by atoms with Crippen LogP contribution in [0.3, 0.4) is 0 Å². The molecule has 2 fully saturated rings. The zero-order valence-corrected chi connectivity index (χ0v) is 26.4. The minimum Gasteiger partial charge on any atom is -0.397 e. The van der Waals surface area contributed by atoms with Crippen molar-refractivity contribution in [3.8, 4) is 0 Å². The second kappa shape index (κ2) is 17.2. The lowest BCUT2D eigenvalue weighted by atomic mass is 9.99. The van der Waals surface area contributed by atoms with Gasteiger partial charge in [0.25, 0.3) is 0 Å². The number of aliphatic hydroxyl groups is 1. The summed E-state index contributed by atoms with van der Waals surface area (Å²) < 4.78 is 18.5. The van der Waals surface area contributed by atoms with Crippen LogP contribution in [0, 0.1) is 0 Å². The fourth-order valence-electron chi connectivity index (χ4n) is 5.76. The monoisotopic (exact) mass is 630 g/mol.